The van der Waals surface area contributed by atoms with Gasteiger partial charge in [0.1, 0.15) is 0 Å². The van der Waals surface area contributed by atoms with Crippen molar-refractivity contribution in [2.24, 2.45) is 5.92 Å². The summed E-state index contributed by atoms with van der Waals surface area (Å²) in [6.45, 7) is 4.57. The van der Waals surface area contributed by atoms with E-state index in [1.54, 1.807) is 0 Å². The van der Waals surface area contributed by atoms with Crippen LogP contribution in [0.2, 0.25) is 0 Å². The molecule has 0 spiro atoms. The van der Waals surface area contributed by atoms with E-state index in [0.29, 0.717) is 17.5 Å². The van der Waals surface area contributed by atoms with Crippen molar-refractivity contribution in [1.82, 2.24) is 15.3 Å². The van der Waals surface area contributed by atoms with Gasteiger partial charge in [0.2, 0.25) is 0 Å². The average molecular weight is 817 g/mol. The summed E-state index contributed by atoms with van der Waals surface area (Å²) in [4.78, 5) is 7.86. The number of hydrogen-bond donors (Lipinski definition) is 4. The highest BCUT2D eigenvalue weighted by molar-refractivity contribution is 7.80. The summed E-state index contributed by atoms with van der Waals surface area (Å²) in [5.74, 6) is 0.361. The van der Waals surface area contributed by atoms with Crippen LogP contribution < -0.4 is 21.2 Å². The molecule has 0 unspecified atom stereocenters. The molecule has 9 rings (SSSR count). The van der Waals surface area contributed by atoms with Crippen molar-refractivity contribution in [2.75, 3.05) is 11.5 Å². The van der Waals surface area contributed by atoms with Gasteiger partial charge < -0.3 is 20.6 Å². The van der Waals surface area contributed by atoms with Gasteiger partial charge in [0.25, 0.3) is 0 Å². The standard InChI is InChI=1S/C54H49N4PS/c1-37(2)49(36-59(41-26-11-5-12-27-41)42-28-13-6-14-29-42)58-54(60)57-45-32-18-15-25-40(45)35-48-51(43-30-16-19-33-46(43)55-48)52-44-31-17-20-34-47(44)56-53(52)50(38-21-7-3-8-22-38)39-23-9-4-10-24-39/h3-34,37,49-50,55-56H,35-36H2,1-2H3,(H2,57,58,60)/t49-/m1/s1. The third-order valence-corrected chi connectivity index (χ3v) is 14.4. The zero-order valence-electron chi connectivity index (χ0n) is 34.0. The number of para-hydroxylation sites is 3. The van der Waals surface area contributed by atoms with E-state index in [1.165, 1.54) is 49.3 Å². The molecule has 0 fully saturated rings. The van der Waals surface area contributed by atoms with Crippen molar-refractivity contribution in [2.45, 2.75) is 32.2 Å². The summed E-state index contributed by atoms with van der Waals surface area (Å²) in [5.41, 5.74) is 11.7. The Bertz CT molecular complexity index is 2750. The van der Waals surface area contributed by atoms with Gasteiger partial charge in [-0.25, -0.2) is 0 Å². The molecule has 6 heteroatoms. The summed E-state index contributed by atoms with van der Waals surface area (Å²) in [6.07, 6.45) is 1.65. The molecule has 0 bridgehead atoms. The maximum atomic E-state index is 6.15. The smallest absolute Gasteiger partial charge is 0.171 e. The fourth-order valence-corrected chi connectivity index (χ4v) is 11.5. The van der Waals surface area contributed by atoms with Crippen LogP contribution in [0.4, 0.5) is 5.69 Å². The second kappa shape index (κ2) is 17.9. The topological polar surface area (TPSA) is 55.6 Å². The molecule has 0 saturated carbocycles. The Morgan fingerprint density at radius 1 is 0.550 bits per heavy atom. The SMILES string of the molecule is CC(C)[C@@H](CP(c1ccccc1)c1ccccc1)NC(=S)Nc1ccccc1Cc1[nH]c2ccccc2c1-c1c(C(c2ccccc2)c2ccccc2)[nH]c2ccccc12. The zero-order valence-corrected chi connectivity index (χ0v) is 35.7. The number of benzene rings is 7. The minimum atomic E-state index is -0.591. The highest BCUT2D eigenvalue weighted by Gasteiger charge is 2.28. The minimum absolute atomic E-state index is 0.00701. The Hall–Kier alpha value is -6.26. The molecule has 1 atom stereocenters. The highest BCUT2D eigenvalue weighted by Crippen LogP contribution is 2.46. The third kappa shape index (κ3) is 8.29. The van der Waals surface area contributed by atoms with E-state index in [0.717, 1.165) is 34.1 Å². The highest BCUT2D eigenvalue weighted by atomic mass is 32.1. The predicted octanol–water partition coefficient (Wildman–Crippen LogP) is 12.5. The van der Waals surface area contributed by atoms with E-state index in [2.05, 4.69) is 229 Å². The largest absolute Gasteiger partial charge is 0.359 e. The predicted molar refractivity (Wildman–Crippen MR) is 261 cm³/mol. The molecular formula is C54H49N4PS. The number of fused-ring (bicyclic) bond motifs is 2. The van der Waals surface area contributed by atoms with Gasteiger partial charge in [-0.05, 0) is 77.7 Å². The molecule has 2 heterocycles. The number of aromatic amines is 2. The van der Waals surface area contributed by atoms with Gasteiger partial charge in [-0.1, -0.05) is 190 Å². The molecule has 4 nitrogen and oxygen atoms in total. The van der Waals surface area contributed by atoms with E-state index < -0.39 is 7.92 Å². The Labute approximate surface area is 359 Å². The number of hydrogen-bond acceptors (Lipinski definition) is 1. The molecule has 4 N–H and O–H groups in total. The average Bonchev–Trinajstić information content (AvgIpc) is 3.84. The van der Waals surface area contributed by atoms with Crippen LogP contribution in [0.15, 0.2) is 194 Å². The van der Waals surface area contributed by atoms with Crippen molar-refractivity contribution in [3.8, 4) is 11.1 Å². The van der Waals surface area contributed by atoms with Crippen molar-refractivity contribution < 1.29 is 0 Å². The lowest BCUT2D eigenvalue weighted by atomic mass is 9.84. The van der Waals surface area contributed by atoms with Gasteiger partial charge in [0.05, 0.1) is 0 Å². The van der Waals surface area contributed by atoms with E-state index in [9.17, 15) is 0 Å². The van der Waals surface area contributed by atoms with Crippen LogP contribution in [0.3, 0.4) is 0 Å². The van der Waals surface area contributed by atoms with Gasteiger partial charge in [0.15, 0.2) is 5.11 Å². The lowest BCUT2D eigenvalue weighted by Gasteiger charge is -2.29. The molecule has 0 saturated heterocycles. The number of rotatable bonds is 13. The van der Waals surface area contributed by atoms with Crippen LogP contribution in [0, 0.1) is 5.92 Å². The summed E-state index contributed by atoms with van der Waals surface area (Å²) in [5, 5.41) is 13.2. The van der Waals surface area contributed by atoms with E-state index >= 15 is 0 Å². The summed E-state index contributed by atoms with van der Waals surface area (Å²) in [6, 6.07) is 69.8. The number of nitrogens with one attached hydrogen (secondary N) is 4. The normalized spacial score (nSPS) is 12.1. The first kappa shape index (κ1) is 39.2. The lowest BCUT2D eigenvalue weighted by molar-refractivity contribution is 0.494. The third-order valence-electron chi connectivity index (χ3n) is 11.6. The Morgan fingerprint density at radius 3 is 1.62 bits per heavy atom. The monoisotopic (exact) mass is 816 g/mol. The number of anilines is 1. The molecule has 2 aromatic heterocycles. The molecule has 0 amide bonds. The maximum Gasteiger partial charge on any atom is 0.171 e. The van der Waals surface area contributed by atoms with E-state index in [1.807, 2.05) is 0 Å². The molecule has 0 aliphatic heterocycles. The van der Waals surface area contributed by atoms with Crippen molar-refractivity contribution in [3.05, 3.63) is 222 Å². The maximum absolute atomic E-state index is 6.15. The molecule has 9 aromatic rings. The zero-order chi connectivity index (χ0) is 40.8. The fourth-order valence-electron chi connectivity index (χ4n) is 8.59. The molecule has 0 radical (unpaired) electrons. The Balaban J connectivity index is 1.08. The van der Waals surface area contributed by atoms with E-state index in [-0.39, 0.29) is 12.0 Å². The second-order valence-corrected chi connectivity index (χ2v) is 18.5. The number of H-pyrrole nitrogens is 2. The van der Waals surface area contributed by atoms with E-state index in [4.69, 9.17) is 12.2 Å². The first-order chi connectivity index (χ1) is 29.5. The van der Waals surface area contributed by atoms with Crippen molar-refractivity contribution in [3.63, 3.8) is 0 Å². The van der Waals surface area contributed by atoms with Crippen LogP contribution in [0.25, 0.3) is 32.9 Å². The van der Waals surface area contributed by atoms with Crippen LogP contribution in [-0.2, 0) is 6.42 Å². The fraction of sp³-hybridized carbons (Fsp3) is 0.130. The Kier molecular flexibility index (Phi) is 11.7. The number of thiocarbonyl (C=S) groups is 1. The van der Waals surface area contributed by atoms with Crippen LogP contribution >= 0.6 is 20.1 Å². The lowest BCUT2D eigenvalue weighted by Crippen LogP contribution is -2.44. The first-order valence-corrected chi connectivity index (χ1v) is 22.8. The van der Waals surface area contributed by atoms with Gasteiger partial charge in [-0.2, -0.15) is 0 Å². The summed E-state index contributed by atoms with van der Waals surface area (Å²) < 4.78 is 0. The second-order valence-electron chi connectivity index (χ2n) is 15.8. The Morgan fingerprint density at radius 2 is 1.03 bits per heavy atom. The van der Waals surface area contributed by atoms with Crippen LogP contribution in [0.5, 0.6) is 0 Å². The molecule has 60 heavy (non-hydrogen) atoms. The molecule has 296 valence electrons. The van der Waals surface area contributed by atoms with Crippen LogP contribution in [0.1, 0.15) is 47.8 Å². The van der Waals surface area contributed by atoms with Gasteiger partial charge >= 0.3 is 0 Å². The quantitative estimate of drug-likeness (QED) is 0.0693. The van der Waals surface area contributed by atoms with Crippen molar-refractivity contribution >= 4 is 63.4 Å². The molecule has 0 aliphatic rings. The minimum Gasteiger partial charge on any atom is -0.359 e. The van der Waals surface area contributed by atoms with Gasteiger partial charge in [0, 0.05) is 68.4 Å². The van der Waals surface area contributed by atoms with Crippen molar-refractivity contribution in [1.29, 1.82) is 0 Å². The summed E-state index contributed by atoms with van der Waals surface area (Å²) in [7, 11) is -0.591. The van der Waals surface area contributed by atoms with Gasteiger partial charge in [-0.15, -0.1) is 0 Å². The molecule has 7 aromatic carbocycles. The van der Waals surface area contributed by atoms with Crippen LogP contribution in [-0.4, -0.2) is 27.3 Å². The molecule has 0 aliphatic carbocycles. The number of aromatic nitrogens is 2. The van der Waals surface area contributed by atoms with Gasteiger partial charge in [-0.3, -0.25) is 0 Å². The first-order valence-electron chi connectivity index (χ1n) is 20.9. The summed E-state index contributed by atoms with van der Waals surface area (Å²) >= 11 is 6.15. The molecular weight excluding hydrogens is 768 g/mol.